The summed E-state index contributed by atoms with van der Waals surface area (Å²) >= 11 is 0. The highest BCUT2D eigenvalue weighted by Gasteiger charge is 2.05. The monoisotopic (exact) mass is 239 g/mol. The van der Waals surface area contributed by atoms with Gasteiger partial charge in [0.2, 0.25) is 6.41 Å². The molecule has 0 aromatic heterocycles. The Balaban J connectivity index is 2.15. The molecule has 0 unspecified atom stereocenters. The van der Waals surface area contributed by atoms with E-state index in [9.17, 15) is 4.79 Å². The van der Waals surface area contributed by atoms with Crippen LogP contribution in [0.4, 0.5) is 5.69 Å². The number of amides is 1. The summed E-state index contributed by atoms with van der Waals surface area (Å²) in [7, 11) is 0. The van der Waals surface area contributed by atoms with Gasteiger partial charge in [-0.2, -0.15) is 0 Å². The molecule has 2 rings (SSSR count). The number of rotatable bonds is 5. The molecular formula is C16H17NO. The van der Waals surface area contributed by atoms with Crippen molar-refractivity contribution in [1.82, 2.24) is 0 Å². The molecule has 0 aliphatic rings. The minimum atomic E-state index is 0.607. The molecule has 0 spiro atoms. The summed E-state index contributed by atoms with van der Waals surface area (Å²) in [5, 5.41) is 0. The summed E-state index contributed by atoms with van der Waals surface area (Å²) < 4.78 is 0. The Labute approximate surface area is 108 Å². The Morgan fingerprint density at radius 3 is 2.17 bits per heavy atom. The highest BCUT2D eigenvalue weighted by atomic mass is 16.1. The van der Waals surface area contributed by atoms with Crippen molar-refractivity contribution in [3.8, 4) is 0 Å². The molecule has 0 fully saturated rings. The predicted molar refractivity (Wildman–Crippen MR) is 74.5 cm³/mol. The van der Waals surface area contributed by atoms with Gasteiger partial charge >= 0.3 is 0 Å². The average molecular weight is 239 g/mol. The zero-order valence-electron chi connectivity index (χ0n) is 10.5. The lowest BCUT2D eigenvalue weighted by Gasteiger charge is -2.17. The van der Waals surface area contributed by atoms with E-state index in [4.69, 9.17) is 0 Å². The van der Waals surface area contributed by atoms with Crippen molar-refractivity contribution >= 4 is 12.1 Å². The molecule has 0 bridgehead atoms. The lowest BCUT2D eigenvalue weighted by Crippen LogP contribution is -2.20. The van der Waals surface area contributed by atoms with E-state index in [-0.39, 0.29) is 0 Å². The largest absolute Gasteiger partial charge is 0.311 e. The topological polar surface area (TPSA) is 20.3 Å². The molecule has 0 saturated carbocycles. The van der Waals surface area contributed by atoms with Gasteiger partial charge in [0.05, 0.1) is 6.54 Å². The minimum absolute atomic E-state index is 0.607. The molecule has 2 nitrogen and oxygen atoms in total. The van der Waals surface area contributed by atoms with Crippen molar-refractivity contribution in [3.05, 3.63) is 65.7 Å². The fourth-order valence-corrected chi connectivity index (χ4v) is 1.89. The van der Waals surface area contributed by atoms with Crippen LogP contribution in [0.3, 0.4) is 0 Å². The van der Waals surface area contributed by atoms with Crippen LogP contribution in [0.1, 0.15) is 18.1 Å². The average Bonchev–Trinajstić information content (AvgIpc) is 2.46. The SMILES string of the molecule is CCc1ccc(N(C=O)Cc2ccccc2)cc1. The third-order valence-electron chi connectivity index (χ3n) is 3.00. The second-order valence-corrected chi connectivity index (χ2v) is 4.24. The number of carbonyl (C=O) groups is 1. The Morgan fingerprint density at radius 1 is 0.944 bits per heavy atom. The summed E-state index contributed by atoms with van der Waals surface area (Å²) in [6, 6.07) is 18.1. The second-order valence-electron chi connectivity index (χ2n) is 4.24. The van der Waals surface area contributed by atoms with Gasteiger partial charge in [-0.3, -0.25) is 4.79 Å². The number of carbonyl (C=O) groups excluding carboxylic acids is 1. The Morgan fingerprint density at radius 2 is 1.61 bits per heavy atom. The van der Waals surface area contributed by atoms with E-state index in [0.717, 1.165) is 24.1 Å². The van der Waals surface area contributed by atoms with Crippen LogP contribution in [-0.4, -0.2) is 6.41 Å². The maximum atomic E-state index is 11.2. The van der Waals surface area contributed by atoms with E-state index < -0.39 is 0 Å². The normalized spacial score (nSPS) is 10.1. The highest BCUT2D eigenvalue weighted by Crippen LogP contribution is 2.16. The molecule has 0 saturated heterocycles. The van der Waals surface area contributed by atoms with Crippen molar-refractivity contribution in [1.29, 1.82) is 0 Å². The quantitative estimate of drug-likeness (QED) is 0.732. The summed E-state index contributed by atoms with van der Waals surface area (Å²) in [6.45, 7) is 2.73. The Kier molecular flexibility index (Phi) is 4.13. The maximum Gasteiger partial charge on any atom is 0.214 e. The zero-order valence-corrected chi connectivity index (χ0v) is 10.5. The van der Waals surface area contributed by atoms with E-state index in [1.807, 2.05) is 42.5 Å². The van der Waals surface area contributed by atoms with Gasteiger partial charge in [-0.25, -0.2) is 0 Å². The number of anilines is 1. The first-order valence-corrected chi connectivity index (χ1v) is 6.18. The van der Waals surface area contributed by atoms with Gasteiger partial charge in [-0.05, 0) is 29.7 Å². The van der Waals surface area contributed by atoms with Crippen LogP contribution < -0.4 is 4.90 Å². The van der Waals surface area contributed by atoms with Crippen molar-refractivity contribution in [3.63, 3.8) is 0 Å². The number of hydrogen-bond donors (Lipinski definition) is 0. The molecule has 2 aromatic carbocycles. The standard InChI is InChI=1S/C16H17NO/c1-2-14-8-10-16(11-9-14)17(13-18)12-15-6-4-3-5-7-15/h3-11,13H,2,12H2,1H3. The van der Waals surface area contributed by atoms with Crippen LogP contribution in [0.25, 0.3) is 0 Å². The molecule has 1 amide bonds. The summed E-state index contributed by atoms with van der Waals surface area (Å²) in [4.78, 5) is 12.9. The van der Waals surface area contributed by atoms with Crippen LogP contribution in [0.2, 0.25) is 0 Å². The van der Waals surface area contributed by atoms with E-state index in [0.29, 0.717) is 6.54 Å². The summed E-state index contributed by atoms with van der Waals surface area (Å²) in [6.07, 6.45) is 1.90. The van der Waals surface area contributed by atoms with Gasteiger partial charge in [0, 0.05) is 5.69 Å². The molecule has 0 heterocycles. The molecule has 18 heavy (non-hydrogen) atoms. The fourth-order valence-electron chi connectivity index (χ4n) is 1.89. The van der Waals surface area contributed by atoms with Crippen LogP contribution in [0.15, 0.2) is 54.6 Å². The minimum Gasteiger partial charge on any atom is -0.311 e. The molecular weight excluding hydrogens is 222 g/mol. The molecule has 0 radical (unpaired) electrons. The van der Waals surface area contributed by atoms with Crippen molar-refractivity contribution in [2.24, 2.45) is 0 Å². The van der Waals surface area contributed by atoms with E-state index in [1.165, 1.54) is 5.56 Å². The molecule has 2 heteroatoms. The molecule has 0 aliphatic carbocycles. The van der Waals surface area contributed by atoms with Gasteiger partial charge in [0.25, 0.3) is 0 Å². The number of nitrogens with zero attached hydrogens (tertiary/aromatic N) is 1. The molecule has 0 N–H and O–H groups in total. The number of benzene rings is 2. The van der Waals surface area contributed by atoms with Crippen molar-refractivity contribution in [2.75, 3.05) is 4.90 Å². The third kappa shape index (κ3) is 2.98. The summed E-state index contributed by atoms with van der Waals surface area (Å²) in [5.41, 5.74) is 3.35. The number of aryl methyl sites for hydroxylation is 1. The second kappa shape index (κ2) is 6.01. The smallest absolute Gasteiger partial charge is 0.214 e. The lowest BCUT2D eigenvalue weighted by molar-refractivity contribution is -0.107. The molecule has 0 aliphatic heterocycles. The van der Waals surface area contributed by atoms with E-state index in [1.54, 1.807) is 4.90 Å². The lowest BCUT2D eigenvalue weighted by atomic mass is 10.1. The van der Waals surface area contributed by atoms with Crippen LogP contribution in [0.5, 0.6) is 0 Å². The van der Waals surface area contributed by atoms with Gasteiger partial charge in [0.1, 0.15) is 0 Å². The fraction of sp³-hybridized carbons (Fsp3) is 0.188. The first kappa shape index (κ1) is 12.4. The number of hydrogen-bond acceptors (Lipinski definition) is 1. The first-order chi connectivity index (χ1) is 8.83. The summed E-state index contributed by atoms with van der Waals surface area (Å²) in [5.74, 6) is 0. The van der Waals surface area contributed by atoms with E-state index >= 15 is 0 Å². The highest BCUT2D eigenvalue weighted by molar-refractivity contribution is 5.75. The van der Waals surface area contributed by atoms with Crippen LogP contribution in [-0.2, 0) is 17.8 Å². The Hall–Kier alpha value is -2.09. The van der Waals surface area contributed by atoms with Crippen molar-refractivity contribution < 1.29 is 4.79 Å². The predicted octanol–water partition coefficient (Wildman–Crippen LogP) is 3.41. The van der Waals surface area contributed by atoms with E-state index in [2.05, 4.69) is 19.1 Å². The molecule has 0 atom stereocenters. The zero-order chi connectivity index (χ0) is 12.8. The van der Waals surface area contributed by atoms with Crippen LogP contribution >= 0.6 is 0 Å². The maximum absolute atomic E-state index is 11.2. The molecule has 92 valence electrons. The first-order valence-electron chi connectivity index (χ1n) is 6.18. The van der Waals surface area contributed by atoms with Gasteiger partial charge in [-0.1, -0.05) is 49.4 Å². The van der Waals surface area contributed by atoms with Crippen molar-refractivity contribution in [2.45, 2.75) is 19.9 Å². The van der Waals surface area contributed by atoms with Crippen LogP contribution in [0, 0.1) is 0 Å². The third-order valence-corrected chi connectivity index (χ3v) is 3.00. The molecule has 2 aromatic rings. The van der Waals surface area contributed by atoms with Gasteiger partial charge in [0.15, 0.2) is 0 Å². The Bertz CT molecular complexity index is 490. The van der Waals surface area contributed by atoms with Gasteiger partial charge < -0.3 is 4.90 Å². The van der Waals surface area contributed by atoms with Gasteiger partial charge in [-0.15, -0.1) is 0 Å².